The molecule has 0 bridgehead atoms. The molecule has 4 heteroatoms. The molecule has 0 spiro atoms. The van der Waals surface area contributed by atoms with Gasteiger partial charge in [0.25, 0.3) is 0 Å². The summed E-state index contributed by atoms with van der Waals surface area (Å²) in [5.74, 6) is 1.37. The number of hydrogen-bond acceptors (Lipinski definition) is 4. The highest BCUT2D eigenvalue weighted by molar-refractivity contribution is 8.00. The van der Waals surface area contributed by atoms with Gasteiger partial charge in [0.05, 0.1) is 7.11 Å². The van der Waals surface area contributed by atoms with Crippen molar-refractivity contribution in [1.82, 2.24) is 4.98 Å². The highest BCUT2D eigenvalue weighted by atomic mass is 32.2. The minimum atomic E-state index is -0.823. The second-order valence-corrected chi connectivity index (χ2v) is 5.34. The number of pyridine rings is 1. The lowest BCUT2D eigenvalue weighted by Crippen LogP contribution is -2.27. The van der Waals surface area contributed by atoms with Gasteiger partial charge in [0, 0.05) is 17.2 Å². The molecule has 0 aliphatic carbocycles. The Morgan fingerprint density at radius 1 is 1.67 bits per heavy atom. The van der Waals surface area contributed by atoms with E-state index in [2.05, 4.69) is 11.9 Å². The summed E-state index contributed by atoms with van der Waals surface area (Å²) < 4.78 is 5.23. The van der Waals surface area contributed by atoms with Gasteiger partial charge in [-0.1, -0.05) is 6.92 Å². The lowest BCUT2D eigenvalue weighted by atomic mass is 9.95. The predicted molar refractivity (Wildman–Crippen MR) is 61.2 cm³/mol. The van der Waals surface area contributed by atoms with Crippen molar-refractivity contribution in [3.05, 3.63) is 24.0 Å². The number of hydrogen-bond donors (Lipinski definition) is 1. The predicted octanol–water partition coefficient (Wildman–Crippen LogP) is 1.80. The molecule has 0 saturated carbocycles. The molecule has 1 aliphatic heterocycles. The van der Waals surface area contributed by atoms with Crippen molar-refractivity contribution in [3.63, 3.8) is 0 Å². The Labute approximate surface area is 93.9 Å². The van der Waals surface area contributed by atoms with Crippen LogP contribution >= 0.6 is 11.8 Å². The fraction of sp³-hybridized carbons (Fsp3) is 0.545. The van der Waals surface area contributed by atoms with E-state index in [0.29, 0.717) is 22.4 Å². The van der Waals surface area contributed by atoms with Crippen molar-refractivity contribution in [2.45, 2.75) is 24.2 Å². The van der Waals surface area contributed by atoms with Crippen LogP contribution in [0.5, 0.6) is 5.75 Å². The molecule has 0 aromatic carbocycles. The summed E-state index contributed by atoms with van der Waals surface area (Å²) in [6.45, 7) is 2.12. The molecule has 1 saturated heterocycles. The van der Waals surface area contributed by atoms with Gasteiger partial charge in [0.15, 0.2) is 0 Å². The topological polar surface area (TPSA) is 42.4 Å². The number of ether oxygens (including phenoxy) is 1. The number of rotatable bonds is 2. The van der Waals surface area contributed by atoms with Crippen LogP contribution in [0.1, 0.15) is 19.0 Å². The van der Waals surface area contributed by atoms with Crippen molar-refractivity contribution in [1.29, 1.82) is 0 Å². The Kier molecular flexibility index (Phi) is 2.89. The van der Waals surface area contributed by atoms with Crippen LogP contribution in [0.15, 0.2) is 18.3 Å². The van der Waals surface area contributed by atoms with E-state index < -0.39 is 5.60 Å². The fourth-order valence-electron chi connectivity index (χ4n) is 1.94. The van der Waals surface area contributed by atoms with Gasteiger partial charge in [0.2, 0.25) is 0 Å². The molecule has 2 atom stereocenters. The quantitative estimate of drug-likeness (QED) is 0.833. The van der Waals surface area contributed by atoms with E-state index in [9.17, 15) is 5.11 Å². The van der Waals surface area contributed by atoms with Gasteiger partial charge < -0.3 is 9.84 Å². The highest BCUT2D eigenvalue weighted by Crippen LogP contribution is 2.43. The van der Waals surface area contributed by atoms with Gasteiger partial charge >= 0.3 is 0 Å². The first-order valence-electron chi connectivity index (χ1n) is 4.99. The minimum absolute atomic E-state index is 0.474. The summed E-state index contributed by atoms with van der Waals surface area (Å²) in [6.07, 6.45) is 2.44. The summed E-state index contributed by atoms with van der Waals surface area (Å²) >= 11 is 1.77. The number of aromatic nitrogens is 1. The molecule has 2 rings (SSSR count). The normalized spacial score (nSPS) is 30.5. The lowest BCUT2D eigenvalue weighted by Gasteiger charge is -2.22. The van der Waals surface area contributed by atoms with Crippen LogP contribution in [0.3, 0.4) is 0 Å². The highest BCUT2D eigenvalue weighted by Gasteiger charge is 2.40. The molecule has 1 N–H and O–H groups in total. The maximum Gasteiger partial charge on any atom is 0.143 e. The maximum atomic E-state index is 10.5. The second kappa shape index (κ2) is 4.02. The third kappa shape index (κ3) is 1.96. The molecular formula is C11H15NO2S. The average molecular weight is 225 g/mol. The van der Waals surface area contributed by atoms with Crippen LogP contribution in [-0.4, -0.2) is 28.2 Å². The minimum Gasteiger partial charge on any atom is -0.495 e. The SMILES string of the molecule is COc1cccnc1C1(O)CSC(C)C1. The maximum absolute atomic E-state index is 10.5. The molecule has 0 radical (unpaired) electrons. The largest absolute Gasteiger partial charge is 0.495 e. The summed E-state index contributed by atoms with van der Waals surface area (Å²) in [4.78, 5) is 4.25. The third-order valence-electron chi connectivity index (χ3n) is 2.66. The zero-order valence-corrected chi connectivity index (χ0v) is 9.75. The third-order valence-corrected chi connectivity index (χ3v) is 4.04. The van der Waals surface area contributed by atoms with E-state index in [1.165, 1.54) is 0 Å². The molecule has 0 amide bonds. The molecule has 3 nitrogen and oxygen atoms in total. The van der Waals surface area contributed by atoms with E-state index >= 15 is 0 Å². The van der Waals surface area contributed by atoms with Crippen molar-refractivity contribution < 1.29 is 9.84 Å². The van der Waals surface area contributed by atoms with Gasteiger partial charge in [-0.2, -0.15) is 11.8 Å². The zero-order chi connectivity index (χ0) is 10.9. The van der Waals surface area contributed by atoms with Crippen molar-refractivity contribution >= 4 is 11.8 Å². The van der Waals surface area contributed by atoms with E-state index in [0.717, 1.165) is 6.42 Å². The Hall–Kier alpha value is -0.740. The molecule has 2 heterocycles. The summed E-state index contributed by atoms with van der Waals surface area (Å²) in [7, 11) is 1.61. The van der Waals surface area contributed by atoms with Crippen LogP contribution < -0.4 is 4.74 Å². The van der Waals surface area contributed by atoms with Crippen molar-refractivity contribution in [2.24, 2.45) is 0 Å². The van der Waals surface area contributed by atoms with Gasteiger partial charge in [0.1, 0.15) is 17.0 Å². The first-order chi connectivity index (χ1) is 7.15. The average Bonchev–Trinajstić information content (AvgIpc) is 2.60. The first kappa shape index (κ1) is 10.8. The number of nitrogens with zero attached hydrogens (tertiary/aromatic N) is 1. The monoisotopic (exact) mass is 225 g/mol. The summed E-state index contributed by atoms with van der Waals surface area (Å²) in [5.41, 5.74) is -0.152. The van der Waals surface area contributed by atoms with Crippen LogP contribution in [0, 0.1) is 0 Å². The Morgan fingerprint density at radius 3 is 3.07 bits per heavy atom. The summed E-state index contributed by atoms with van der Waals surface area (Å²) in [6, 6.07) is 3.66. The zero-order valence-electron chi connectivity index (χ0n) is 8.93. The Morgan fingerprint density at radius 2 is 2.47 bits per heavy atom. The van der Waals surface area contributed by atoms with Crippen molar-refractivity contribution in [2.75, 3.05) is 12.9 Å². The van der Waals surface area contributed by atoms with Crippen LogP contribution in [0.2, 0.25) is 0 Å². The number of methoxy groups -OCH3 is 1. The number of aliphatic hydroxyl groups is 1. The van der Waals surface area contributed by atoms with Gasteiger partial charge in [-0.05, 0) is 18.6 Å². The van der Waals surface area contributed by atoms with Crippen molar-refractivity contribution in [3.8, 4) is 5.75 Å². The standard InChI is InChI=1S/C11H15NO2S/c1-8-6-11(13,7-15-8)10-9(14-2)4-3-5-12-10/h3-5,8,13H,6-7H2,1-2H3. The molecule has 82 valence electrons. The molecule has 1 aromatic heterocycles. The molecule has 1 aromatic rings. The second-order valence-electron chi connectivity index (χ2n) is 3.91. The van der Waals surface area contributed by atoms with Crippen LogP contribution in [-0.2, 0) is 5.60 Å². The van der Waals surface area contributed by atoms with E-state index in [1.54, 1.807) is 25.1 Å². The van der Waals surface area contributed by atoms with Gasteiger partial charge in [-0.3, -0.25) is 4.98 Å². The van der Waals surface area contributed by atoms with Gasteiger partial charge in [-0.15, -0.1) is 0 Å². The lowest BCUT2D eigenvalue weighted by molar-refractivity contribution is 0.0537. The Bertz CT molecular complexity index is 358. The summed E-state index contributed by atoms with van der Waals surface area (Å²) in [5, 5.41) is 11.0. The van der Waals surface area contributed by atoms with E-state index in [1.807, 2.05) is 12.1 Å². The fourth-order valence-corrected chi connectivity index (χ4v) is 3.15. The van der Waals surface area contributed by atoms with Crippen LogP contribution in [0.25, 0.3) is 0 Å². The Balaban J connectivity index is 2.36. The molecule has 1 aliphatic rings. The van der Waals surface area contributed by atoms with E-state index in [4.69, 9.17) is 4.74 Å². The molecule has 2 unspecified atom stereocenters. The van der Waals surface area contributed by atoms with Crippen LogP contribution in [0.4, 0.5) is 0 Å². The first-order valence-corrected chi connectivity index (χ1v) is 6.04. The molecule has 15 heavy (non-hydrogen) atoms. The number of thioether (sulfide) groups is 1. The van der Waals surface area contributed by atoms with Gasteiger partial charge in [-0.25, -0.2) is 0 Å². The van der Waals surface area contributed by atoms with E-state index in [-0.39, 0.29) is 0 Å². The molecular weight excluding hydrogens is 210 g/mol. The molecule has 1 fully saturated rings. The smallest absolute Gasteiger partial charge is 0.143 e.